The van der Waals surface area contributed by atoms with Gasteiger partial charge in [0.15, 0.2) is 0 Å². The molecule has 3 rings (SSSR count). The quantitative estimate of drug-likeness (QED) is 0.612. The van der Waals surface area contributed by atoms with Crippen LogP contribution >= 0.6 is 33.9 Å². The maximum absolute atomic E-state index is 5.93. The summed E-state index contributed by atoms with van der Waals surface area (Å²) in [7, 11) is 0. The van der Waals surface area contributed by atoms with Crippen LogP contribution in [0, 0.1) is 3.57 Å². The summed E-state index contributed by atoms with van der Waals surface area (Å²) in [5.74, 6) is 0. The molecule has 1 aromatic carbocycles. The number of hydrogen-bond donors (Lipinski definition) is 2. The maximum Gasteiger partial charge on any atom is 0.103 e. The van der Waals surface area contributed by atoms with Crippen LogP contribution in [0.3, 0.4) is 0 Å². The van der Waals surface area contributed by atoms with Gasteiger partial charge in [0.2, 0.25) is 0 Å². The van der Waals surface area contributed by atoms with Crippen molar-refractivity contribution in [3.05, 3.63) is 28.0 Å². The van der Waals surface area contributed by atoms with Gasteiger partial charge in [-0.1, -0.05) is 6.07 Å². The third-order valence-corrected chi connectivity index (χ3v) is 4.30. The fraction of sp³-hybridized carbons (Fsp3) is 0. The Morgan fingerprint density at radius 1 is 1.29 bits per heavy atom. The van der Waals surface area contributed by atoms with Gasteiger partial charge in [-0.05, 0) is 34.7 Å². The Labute approximate surface area is 98.2 Å². The first kappa shape index (κ1) is 8.55. The highest BCUT2D eigenvalue weighted by Crippen LogP contribution is 2.38. The molecular weight excluding hydrogens is 307 g/mol. The average Bonchev–Trinajstić information content (AvgIpc) is 2.67. The summed E-state index contributed by atoms with van der Waals surface area (Å²) in [4.78, 5) is 4.36. The van der Waals surface area contributed by atoms with Gasteiger partial charge in [-0.2, -0.15) is 0 Å². The summed E-state index contributed by atoms with van der Waals surface area (Å²) in [6.07, 6.45) is 1.86. The number of fused-ring (bicyclic) bond motifs is 3. The van der Waals surface area contributed by atoms with Crippen LogP contribution in [0.1, 0.15) is 0 Å². The first-order valence-corrected chi connectivity index (χ1v) is 6.10. The number of anilines is 1. The molecule has 2 aromatic heterocycles. The molecule has 4 heteroatoms. The number of nitrogen functional groups attached to an aromatic ring is 1. The zero-order chi connectivity index (χ0) is 9.71. The van der Waals surface area contributed by atoms with E-state index >= 15 is 0 Å². The summed E-state index contributed by atoms with van der Waals surface area (Å²) >= 11 is 4.11. The Balaban J connectivity index is 2.68. The van der Waals surface area contributed by atoms with Crippen molar-refractivity contribution in [3.8, 4) is 0 Å². The molecule has 0 radical (unpaired) electrons. The molecular formula is C10H7IN2S. The lowest BCUT2D eigenvalue weighted by Crippen LogP contribution is -1.80. The fourth-order valence-electron chi connectivity index (χ4n) is 1.70. The molecule has 0 aliphatic heterocycles. The number of hydrogen-bond acceptors (Lipinski definition) is 2. The van der Waals surface area contributed by atoms with E-state index in [1.54, 1.807) is 11.3 Å². The van der Waals surface area contributed by atoms with Gasteiger partial charge in [0.1, 0.15) is 4.83 Å². The second-order valence-corrected chi connectivity index (χ2v) is 5.38. The van der Waals surface area contributed by atoms with Gasteiger partial charge >= 0.3 is 0 Å². The zero-order valence-corrected chi connectivity index (χ0v) is 10.1. The topological polar surface area (TPSA) is 41.8 Å². The smallest absolute Gasteiger partial charge is 0.103 e. The number of H-pyrrole nitrogens is 1. The first-order valence-electron chi connectivity index (χ1n) is 4.21. The van der Waals surface area contributed by atoms with Crippen molar-refractivity contribution in [3.63, 3.8) is 0 Å². The number of aromatic nitrogens is 1. The molecule has 0 atom stereocenters. The monoisotopic (exact) mass is 314 g/mol. The molecule has 0 saturated carbocycles. The number of rotatable bonds is 0. The Morgan fingerprint density at radius 3 is 3.00 bits per heavy atom. The van der Waals surface area contributed by atoms with E-state index in [0.717, 1.165) is 5.69 Å². The lowest BCUT2D eigenvalue weighted by atomic mass is 10.2. The van der Waals surface area contributed by atoms with Crippen LogP contribution in [0.5, 0.6) is 0 Å². The van der Waals surface area contributed by atoms with Crippen molar-refractivity contribution in [2.45, 2.75) is 0 Å². The van der Waals surface area contributed by atoms with Crippen LogP contribution in [0.15, 0.2) is 24.4 Å². The SMILES string of the molecule is Nc1c[nH]c2sc3cccc(I)c3c12. The van der Waals surface area contributed by atoms with Crippen LogP contribution in [0.2, 0.25) is 0 Å². The third-order valence-electron chi connectivity index (χ3n) is 2.31. The molecule has 0 unspecified atom stereocenters. The molecule has 14 heavy (non-hydrogen) atoms. The van der Waals surface area contributed by atoms with Crippen molar-refractivity contribution in [1.82, 2.24) is 4.98 Å². The number of benzene rings is 1. The summed E-state index contributed by atoms with van der Waals surface area (Å²) in [6, 6.07) is 6.33. The summed E-state index contributed by atoms with van der Waals surface area (Å²) in [6.45, 7) is 0. The van der Waals surface area contributed by atoms with E-state index in [4.69, 9.17) is 5.73 Å². The largest absolute Gasteiger partial charge is 0.397 e. The van der Waals surface area contributed by atoms with E-state index in [1.165, 1.54) is 23.9 Å². The Kier molecular flexibility index (Phi) is 1.75. The summed E-state index contributed by atoms with van der Waals surface area (Å²) in [5.41, 5.74) is 6.77. The highest BCUT2D eigenvalue weighted by atomic mass is 127. The van der Waals surface area contributed by atoms with Gasteiger partial charge in [-0.15, -0.1) is 11.3 Å². The minimum absolute atomic E-state index is 0.843. The molecule has 0 amide bonds. The molecule has 3 N–H and O–H groups in total. The van der Waals surface area contributed by atoms with Crippen LogP contribution in [0.25, 0.3) is 20.3 Å². The number of thiophene rings is 1. The molecule has 2 nitrogen and oxygen atoms in total. The predicted molar refractivity (Wildman–Crippen MR) is 70.8 cm³/mol. The van der Waals surface area contributed by atoms with Gasteiger partial charge in [-0.3, -0.25) is 0 Å². The van der Waals surface area contributed by atoms with Crippen molar-refractivity contribution < 1.29 is 0 Å². The first-order chi connectivity index (χ1) is 6.77. The zero-order valence-electron chi connectivity index (χ0n) is 7.17. The summed E-state index contributed by atoms with van der Waals surface area (Å²) < 4.78 is 2.56. The van der Waals surface area contributed by atoms with Crippen molar-refractivity contribution >= 4 is 59.9 Å². The van der Waals surface area contributed by atoms with Crippen molar-refractivity contribution in [2.24, 2.45) is 0 Å². The molecule has 0 aliphatic carbocycles. The minimum atomic E-state index is 0.843. The van der Waals surface area contributed by atoms with Crippen molar-refractivity contribution in [2.75, 3.05) is 5.73 Å². The normalized spacial score (nSPS) is 11.5. The maximum atomic E-state index is 5.93. The molecule has 3 aromatic rings. The van der Waals surface area contributed by atoms with E-state index < -0.39 is 0 Å². The average molecular weight is 314 g/mol. The van der Waals surface area contributed by atoms with Crippen molar-refractivity contribution in [1.29, 1.82) is 0 Å². The third kappa shape index (κ3) is 1.01. The highest BCUT2D eigenvalue weighted by Gasteiger charge is 2.11. The Hall–Kier alpha value is -0.750. The van der Waals surface area contributed by atoms with Crippen LogP contribution in [0.4, 0.5) is 5.69 Å². The number of nitrogens with one attached hydrogen (secondary N) is 1. The van der Waals surface area contributed by atoms with E-state index in [0.29, 0.717) is 0 Å². The molecule has 0 bridgehead atoms. The second kappa shape index (κ2) is 2.87. The fourth-order valence-corrected chi connectivity index (χ4v) is 3.77. The standard InChI is InChI=1S/C10H7IN2S/c11-5-2-1-3-7-8(5)9-6(12)4-13-10(9)14-7/h1-4,13H,12H2. The van der Waals surface area contributed by atoms with E-state index in [9.17, 15) is 0 Å². The Bertz CT molecular complexity index is 623. The van der Waals surface area contributed by atoms with Crippen LogP contribution in [-0.4, -0.2) is 4.98 Å². The number of aromatic amines is 1. The number of halogens is 1. The Morgan fingerprint density at radius 2 is 2.14 bits per heavy atom. The van der Waals surface area contributed by atoms with Gasteiger partial charge in [0.05, 0.1) is 5.69 Å². The predicted octanol–water partition coefficient (Wildman–Crippen LogP) is 3.57. The van der Waals surface area contributed by atoms with E-state index in [2.05, 4.69) is 45.8 Å². The molecule has 0 aliphatic rings. The second-order valence-electron chi connectivity index (χ2n) is 3.16. The molecule has 0 fully saturated rings. The summed E-state index contributed by atoms with van der Waals surface area (Å²) in [5, 5.41) is 2.46. The highest BCUT2D eigenvalue weighted by molar-refractivity contribution is 14.1. The van der Waals surface area contributed by atoms with Gasteiger partial charge in [-0.25, -0.2) is 0 Å². The molecule has 2 heterocycles. The lowest BCUT2D eigenvalue weighted by Gasteiger charge is -1.94. The molecule has 0 spiro atoms. The van der Waals surface area contributed by atoms with E-state index in [-0.39, 0.29) is 0 Å². The van der Waals surface area contributed by atoms with Gasteiger partial charge < -0.3 is 10.7 Å². The van der Waals surface area contributed by atoms with E-state index in [1.807, 2.05) is 6.20 Å². The van der Waals surface area contributed by atoms with Crippen LogP contribution < -0.4 is 5.73 Å². The molecule has 70 valence electrons. The van der Waals surface area contributed by atoms with Gasteiger partial charge in [0.25, 0.3) is 0 Å². The number of nitrogens with two attached hydrogens (primary N) is 1. The molecule has 0 saturated heterocycles. The lowest BCUT2D eigenvalue weighted by molar-refractivity contribution is 1.50. The van der Waals surface area contributed by atoms with Gasteiger partial charge in [0, 0.05) is 25.2 Å². The minimum Gasteiger partial charge on any atom is -0.397 e. The van der Waals surface area contributed by atoms with Crippen LogP contribution in [-0.2, 0) is 0 Å².